The van der Waals surface area contributed by atoms with E-state index in [0.29, 0.717) is 11.6 Å². The summed E-state index contributed by atoms with van der Waals surface area (Å²) >= 11 is 0. The van der Waals surface area contributed by atoms with Crippen LogP contribution >= 0.6 is 0 Å². The van der Waals surface area contributed by atoms with Crippen LogP contribution in [0.25, 0.3) is 0 Å². The molecular formula is C31H28F3NO4S. The Balaban J connectivity index is 1.60. The van der Waals surface area contributed by atoms with Crippen LogP contribution in [-0.2, 0) is 27.6 Å². The lowest BCUT2D eigenvalue weighted by atomic mass is 9.89. The molecule has 5 nitrogen and oxygen atoms in total. The number of alkyl halides is 3. The normalized spacial score (nSPS) is 12.0. The fraction of sp³-hybridized carbons (Fsp3) is 0.194. The van der Waals surface area contributed by atoms with Gasteiger partial charge < -0.3 is 9.08 Å². The van der Waals surface area contributed by atoms with Crippen molar-refractivity contribution in [3.63, 3.8) is 0 Å². The first kappa shape index (κ1) is 28.9. The van der Waals surface area contributed by atoms with Crippen molar-refractivity contribution in [2.45, 2.75) is 43.4 Å². The minimum atomic E-state index is -4.70. The maximum absolute atomic E-state index is 14.0. The van der Waals surface area contributed by atoms with Gasteiger partial charge in [-0.2, -0.15) is 21.6 Å². The maximum Gasteiger partial charge on any atom is 0.416 e. The molecule has 0 aliphatic rings. The Hall–Kier alpha value is -4.11. The van der Waals surface area contributed by atoms with Crippen LogP contribution in [0.5, 0.6) is 5.75 Å². The van der Waals surface area contributed by atoms with Gasteiger partial charge in [0.2, 0.25) is 5.91 Å². The van der Waals surface area contributed by atoms with Crippen LogP contribution in [0.15, 0.2) is 114 Å². The van der Waals surface area contributed by atoms with E-state index in [1.807, 2.05) is 74.5 Å². The Morgan fingerprint density at radius 1 is 0.800 bits per heavy atom. The van der Waals surface area contributed by atoms with Crippen LogP contribution in [0.1, 0.15) is 42.0 Å². The second-order valence-corrected chi connectivity index (χ2v) is 11.1. The van der Waals surface area contributed by atoms with Crippen LogP contribution in [0, 0.1) is 0 Å². The zero-order valence-corrected chi connectivity index (χ0v) is 22.7. The zero-order chi connectivity index (χ0) is 28.9. The summed E-state index contributed by atoms with van der Waals surface area (Å²) in [7, 11) is -4.54. The van der Waals surface area contributed by atoms with Crippen molar-refractivity contribution in [1.29, 1.82) is 0 Å². The standard InChI is InChI=1S/C31H28F3NO4S/c1-22(2)35(30(36)29(24-12-5-3-6-13-24)25-14-7-4-8-15-25)21-23-11-9-17-27(19-23)39-40(37,38)28-18-10-16-26(20-28)31(32,33)34/h3-20,22,29H,21H2,1-2H3. The van der Waals surface area contributed by atoms with Crippen molar-refractivity contribution < 1.29 is 30.6 Å². The third-order valence-electron chi connectivity index (χ3n) is 6.33. The second kappa shape index (κ2) is 12.0. The molecule has 0 aliphatic carbocycles. The van der Waals surface area contributed by atoms with E-state index in [9.17, 15) is 26.4 Å². The van der Waals surface area contributed by atoms with Crippen LogP contribution in [0.4, 0.5) is 13.2 Å². The van der Waals surface area contributed by atoms with Crippen LogP contribution in [-0.4, -0.2) is 25.3 Å². The highest BCUT2D eigenvalue weighted by Crippen LogP contribution is 2.32. The van der Waals surface area contributed by atoms with Gasteiger partial charge in [0.15, 0.2) is 0 Å². The number of carbonyl (C=O) groups excluding carboxylic acids is 1. The molecule has 0 atom stereocenters. The summed E-state index contributed by atoms with van der Waals surface area (Å²) in [5.41, 5.74) is 1.18. The summed E-state index contributed by atoms with van der Waals surface area (Å²) < 4.78 is 70.0. The molecule has 4 aromatic carbocycles. The quantitative estimate of drug-likeness (QED) is 0.204. The molecule has 0 aliphatic heterocycles. The minimum Gasteiger partial charge on any atom is -0.379 e. The van der Waals surface area contributed by atoms with E-state index in [0.717, 1.165) is 29.3 Å². The molecular weight excluding hydrogens is 539 g/mol. The van der Waals surface area contributed by atoms with Gasteiger partial charge >= 0.3 is 16.3 Å². The number of halogens is 3. The summed E-state index contributed by atoms with van der Waals surface area (Å²) in [6.45, 7) is 3.94. The molecule has 40 heavy (non-hydrogen) atoms. The van der Waals surface area contributed by atoms with Crippen LogP contribution in [0.2, 0.25) is 0 Å². The molecule has 1 amide bonds. The highest BCUT2D eigenvalue weighted by Gasteiger charge is 2.32. The number of hydrogen-bond donors (Lipinski definition) is 0. The summed E-state index contributed by atoms with van der Waals surface area (Å²) in [6.07, 6.45) is -4.70. The first-order valence-corrected chi connectivity index (χ1v) is 14.0. The van der Waals surface area contributed by atoms with E-state index in [2.05, 4.69) is 0 Å². The number of nitrogens with zero attached hydrogens (tertiary/aromatic N) is 1. The Kier molecular flexibility index (Phi) is 8.64. The highest BCUT2D eigenvalue weighted by atomic mass is 32.2. The minimum absolute atomic E-state index is 0.0752. The number of benzene rings is 4. The maximum atomic E-state index is 14.0. The van der Waals surface area contributed by atoms with Gasteiger partial charge in [0.05, 0.1) is 11.5 Å². The van der Waals surface area contributed by atoms with Crippen molar-refractivity contribution in [3.8, 4) is 5.75 Å². The molecule has 208 valence electrons. The molecule has 0 spiro atoms. The number of amides is 1. The van der Waals surface area contributed by atoms with E-state index in [1.54, 1.807) is 17.0 Å². The third kappa shape index (κ3) is 6.90. The van der Waals surface area contributed by atoms with Crippen molar-refractivity contribution in [2.75, 3.05) is 0 Å². The summed E-state index contributed by atoms with van der Waals surface area (Å²) in [4.78, 5) is 15.1. The topological polar surface area (TPSA) is 63.7 Å². The van der Waals surface area contributed by atoms with E-state index < -0.39 is 32.7 Å². The molecule has 0 heterocycles. The molecule has 0 bridgehead atoms. The molecule has 4 rings (SSSR count). The number of hydrogen-bond acceptors (Lipinski definition) is 4. The van der Waals surface area contributed by atoms with Crippen molar-refractivity contribution in [3.05, 3.63) is 131 Å². The summed E-state index contributed by atoms with van der Waals surface area (Å²) in [6, 6.07) is 28.2. The first-order valence-electron chi connectivity index (χ1n) is 12.6. The van der Waals surface area contributed by atoms with Gasteiger partial charge in [0, 0.05) is 12.6 Å². The van der Waals surface area contributed by atoms with E-state index in [1.165, 1.54) is 12.1 Å². The summed E-state index contributed by atoms with van der Waals surface area (Å²) in [5, 5.41) is 0. The van der Waals surface area contributed by atoms with Gasteiger partial charge in [-0.1, -0.05) is 78.9 Å². The molecule has 0 N–H and O–H groups in total. The third-order valence-corrected chi connectivity index (χ3v) is 7.57. The summed E-state index contributed by atoms with van der Waals surface area (Å²) in [5.74, 6) is -0.755. The van der Waals surface area contributed by atoms with Crippen molar-refractivity contribution in [1.82, 2.24) is 4.90 Å². The molecule has 0 saturated heterocycles. The van der Waals surface area contributed by atoms with Gasteiger partial charge in [-0.15, -0.1) is 0 Å². The van der Waals surface area contributed by atoms with Gasteiger partial charge in [0.1, 0.15) is 10.6 Å². The monoisotopic (exact) mass is 567 g/mol. The SMILES string of the molecule is CC(C)N(Cc1cccc(OS(=O)(=O)c2cccc(C(F)(F)F)c2)c1)C(=O)C(c1ccccc1)c1ccccc1. The number of carbonyl (C=O) groups is 1. The Morgan fingerprint density at radius 2 is 1.38 bits per heavy atom. The van der Waals surface area contributed by atoms with E-state index >= 15 is 0 Å². The molecule has 0 radical (unpaired) electrons. The predicted octanol–water partition coefficient (Wildman–Crippen LogP) is 7.04. The molecule has 4 aromatic rings. The Bertz CT molecular complexity index is 1520. The lowest BCUT2D eigenvalue weighted by molar-refractivity contribution is -0.137. The fourth-order valence-corrected chi connectivity index (χ4v) is 5.31. The molecule has 0 aromatic heterocycles. The smallest absolute Gasteiger partial charge is 0.379 e. The average molecular weight is 568 g/mol. The number of rotatable bonds is 9. The van der Waals surface area contributed by atoms with Gasteiger partial charge in [-0.3, -0.25) is 4.79 Å². The average Bonchev–Trinajstić information content (AvgIpc) is 2.92. The van der Waals surface area contributed by atoms with Crippen molar-refractivity contribution >= 4 is 16.0 Å². The van der Waals surface area contributed by atoms with Gasteiger partial charge in [0.25, 0.3) is 0 Å². The lowest BCUT2D eigenvalue weighted by Gasteiger charge is -2.31. The predicted molar refractivity (Wildman–Crippen MR) is 146 cm³/mol. The van der Waals surface area contributed by atoms with Crippen molar-refractivity contribution in [2.24, 2.45) is 0 Å². The van der Waals surface area contributed by atoms with E-state index in [4.69, 9.17) is 4.18 Å². The lowest BCUT2D eigenvalue weighted by Crippen LogP contribution is -2.40. The molecule has 0 unspecified atom stereocenters. The van der Waals surface area contributed by atoms with Crippen LogP contribution < -0.4 is 4.18 Å². The Labute approximate surface area is 232 Å². The fourth-order valence-electron chi connectivity index (χ4n) is 4.34. The first-order chi connectivity index (χ1) is 19.0. The molecule has 9 heteroatoms. The largest absolute Gasteiger partial charge is 0.416 e. The zero-order valence-electron chi connectivity index (χ0n) is 21.9. The second-order valence-electron chi connectivity index (χ2n) is 9.52. The molecule has 0 fully saturated rings. The van der Waals surface area contributed by atoms with Crippen LogP contribution in [0.3, 0.4) is 0 Å². The van der Waals surface area contributed by atoms with Gasteiger partial charge in [-0.25, -0.2) is 0 Å². The highest BCUT2D eigenvalue weighted by molar-refractivity contribution is 7.87. The molecule has 0 saturated carbocycles. The Morgan fingerprint density at radius 3 is 1.93 bits per heavy atom. The van der Waals surface area contributed by atoms with Gasteiger partial charge in [-0.05, 0) is 60.9 Å². The van der Waals surface area contributed by atoms with E-state index in [-0.39, 0.29) is 24.2 Å².